The highest BCUT2D eigenvalue weighted by atomic mass is 16.2. The molecule has 0 saturated carbocycles. The summed E-state index contributed by atoms with van der Waals surface area (Å²) in [6.07, 6.45) is 14.6. The van der Waals surface area contributed by atoms with Gasteiger partial charge in [0.05, 0.1) is 26.2 Å². The van der Waals surface area contributed by atoms with Crippen LogP contribution in [0.5, 0.6) is 0 Å². The predicted octanol–water partition coefficient (Wildman–Crippen LogP) is 4.02. The number of hydrogen-bond acceptors (Lipinski definition) is 6. The fourth-order valence-electron chi connectivity index (χ4n) is 5.09. The normalized spacial score (nSPS) is 10.8. The number of carbonyl (C=O) groups excluding carboxylic acids is 6. The molecule has 0 rings (SSSR count). The van der Waals surface area contributed by atoms with E-state index < -0.39 is 0 Å². The molecule has 0 spiro atoms. The Morgan fingerprint density at radius 3 is 0.875 bits per heavy atom. The monoisotopic (exact) mass is 681 g/mol. The molecule has 0 heterocycles. The van der Waals surface area contributed by atoms with Crippen LogP contribution in [0.1, 0.15) is 117 Å². The molecular formula is C36H68N6O6. The highest BCUT2D eigenvalue weighted by Crippen LogP contribution is 2.09. The molecule has 6 amide bonds. The van der Waals surface area contributed by atoms with Gasteiger partial charge in [-0.1, -0.05) is 78.1 Å². The summed E-state index contributed by atoms with van der Waals surface area (Å²) >= 11 is 0. The largest absolute Gasteiger partial charge is 0.344 e. The lowest BCUT2D eigenvalue weighted by atomic mass is 10.1. The van der Waals surface area contributed by atoms with Crippen LogP contribution in [0.3, 0.4) is 0 Å². The third-order valence-electron chi connectivity index (χ3n) is 8.77. The first-order chi connectivity index (χ1) is 22.7. The van der Waals surface area contributed by atoms with Crippen LogP contribution in [-0.2, 0) is 28.8 Å². The predicted molar refractivity (Wildman–Crippen MR) is 191 cm³/mol. The number of carbonyl (C=O) groups is 6. The molecule has 0 N–H and O–H groups in total. The van der Waals surface area contributed by atoms with Crippen molar-refractivity contribution in [2.75, 3.05) is 81.6 Å². The number of amides is 6. The maximum absolute atomic E-state index is 12.6. The first-order valence-electron chi connectivity index (χ1n) is 18.2. The maximum Gasteiger partial charge on any atom is 0.242 e. The Morgan fingerprint density at radius 1 is 0.312 bits per heavy atom. The molecule has 0 aliphatic rings. The molecule has 48 heavy (non-hydrogen) atoms. The van der Waals surface area contributed by atoms with E-state index in [1.165, 1.54) is 58.1 Å². The molecule has 0 aromatic rings. The number of rotatable bonds is 27. The summed E-state index contributed by atoms with van der Waals surface area (Å²) in [6, 6.07) is 0. The van der Waals surface area contributed by atoms with Gasteiger partial charge < -0.3 is 29.4 Å². The zero-order valence-electron chi connectivity index (χ0n) is 31.7. The van der Waals surface area contributed by atoms with E-state index in [0.717, 1.165) is 38.5 Å². The van der Waals surface area contributed by atoms with Crippen molar-refractivity contribution in [1.29, 1.82) is 0 Å². The molecule has 0 aliphatic carbocycles. The first kappa shape index (κ1) is 44.8. The summed E-state index contributed by atoms with van der Waals surface area (Å²) in [5.74, 6) is -1.07. The molecule has 0 saturated heterocycles. The van der Waals surface area contributed by atoms with Crippen LogP contribution in [0.4, 0.5) is 0 Å². The second-order valence-electron chi connectivity index (χ2n) is 13.4. The lowest BCUT2D eigenvalue weighted by molar-refractivity contribution is -0.142. The Balaban J connectivity index is 4.22. The van der Waals surface area contributed by atoms with E-state index in [1.807, 2.05) is 0 Å². The summed E-state index contributed by atoms with van der Waals surface area (Å²) in [5, 5.41) is 0. The second-order valence-corrected chi connectivity index (χ2v) is 13.4. The molecule has 0 aromatic heterocycles. The zero-order chi connectivity index (χ0) is 36.5. The van der Waals surface area contributed by atoms with Crippen molar-refractivity contribution in [3.63, 3.8) is 0 Å². The van der Waals surface area contributed by atoms with Gasteiger partial charge in [0.1, 0.15) is 0 Å². The molecule has 12 heteroatoms. The summed E-state index contributed by atoms with van der Waals surface area (Å²) in [4.78, 5) is 84.1. The molecule has 0 atom stereocenters. The summed E-state index contributed by atoms with van der Waals surface area (Å²) in [5.41, 5.74) is 0. The van der Waals surface area contributed by atoms with E-state index in [0.29, 0.717) is 38.8 Å². The van der Waals surface area contributed by atoms with Gasteiger partial charge in [-0.15, -0.1) is 0 Å². The minimum absolute atomic E-state index is 0.0122. The molecule has 0 aliphatic heterocycles. The van der Waals surface area contributed by atoms with Crippen LogP contribution in [0.15, 0.2) is 0 Å². The minimum atomic E-state index is -0.282. The second kappa shape index (κ2) is 26.7. The highest BCUT2D eigenvalue weighted by molar-refractivity contribution is 5.89. The Labute approximate surface area is 291 Å². The third kappa shape index (κ3) is 20.9. The van der Waals surface area contributed by atoms with E-state index >= 15 is 0 Å². The molecule has 12 nitrogen and oxygen atoms in total. The van der Waals surface area contributed by atoms with Gasteiger partial charge in [0.25, 0.3) is 0 Å². The van der Waals surface area contributed by atoms with E-state index in [1.54, 1.807) is 52.1 Å². The fraction of sp³-hybridized carbons (Fsp3) is 0.833. The highest BCUT2D eigenvalue weighted by Gasteiger charge is 2.21. The standard InChI is InChI=1S/C36H68N6O6/c1-9-11-13-17-21-25-37(3)33(45)27-41(7)35(47)29-39(5)31(43)23-19-15-16-20-24-32(44)40(6)30-36(48)42(8)28-34(46)38(4)26-22-18-14-12-10-2/h9-30H2,1-8H3. The van der Waals surface area contributed by atoms with Crippen molar-refractivity contribution in [2.24, 2.45) is 0 Å². The van der Waals surface area contributed by atoms with Gasteiger partial charge in [-0.2, -0.15) is 0 Å². The van der Waals surface area contributed by atoms with Gasteiger partial charge in [-0.25, -0.2) is 0 Å². The molecule has 0 radical (unpaired) electrons. The number of hydrogen-bond donors (Lipinski definition) is 0. The lowest BCUT2D eigenvalue weighted by Crippen LogP contribution is -2.44. The van der Waals surface area contributed by atoms with Crippen LogP contribution < -0.4 is 0 Å². The maximum atomic E-state index is 12.6. The topological polar surface area (TPSA) is 122 Å². The third-order valence-corrected chi connectivity index (χ3v) is 8.77. The lowest BCUT2D eigenvalue weighted by Gasteiger charge is -2.24. The van der Waals surface area contributed by atoms with Gasteiger partial charge >= 0.3 is 0 Å². The van der Waals surface area contributed by atoms with Gasteiger partial charge in [0, 0.05) is 68.2 Å². The number of likely N-dealkylation sites (N-methyl/N-ethyl adjacent to an activating group) is 6. The summed E-state index contributed by atoms with van der Waals surface area (Å²) < 4.78 is 0. The van der Waals surface area contributed by atoms with Crippen molar-refractivity contribution in [3.8, 4) is 0 Å². The van der Waals surface area contributed by atoms with Crippen molar-refractivity contribution in [1.82, 2.24) is 29.4 Å². The van der Waals surface area contributed by atoms with E-state index in [9.17, 15) is 28.8 Å². The minimum Gasteiger partial charge on any atom is -0.344 e. The molecular weight excluding hydrogens is 612 g/mol. The van der Waals surface area contributed by atoms with Crippen LogP contribution in [0.2, 0.25) is 0 Å². The average Bonchev–Trinajstić information content (AvgIpc) is 3.05. The van der Waals surface area contributed by atoms with Crippen molar-refractivity contribution >= 4 is 35.4 Å². The number of nitrogens with zero attached hydrogens (tertiary/aromatic N) is 6. The van der Waals surface area contributed by atoms with E-state index in [4.69, 9.17) is 0 Å². The summed E-state index contributed by atoms with van der Waals surface area (Å²) in [6.45, 7) is 5.49. The van der Waals surface area contributed by atoms with Gasteiger partial charge in [0.2, 0.25) is 35.4 Å². The molecule has 0 fully saturated rings. The number of unbranched alkanes of at least 4 members (excludes halogenated alkanes) is 11. The smallest absolute Gasteiger partial charge is 0.242 e. The van der Waals surface area contributed by atoms with Crippen LogP contribution >= 0.6 is 0 Å². The zero-order valence-corrected chi connectivity index (χ0v) is 31.7. The molecule has 278 valence electrons. The van der Waals surface area contributed by atoms with Gasteiger partial charge in [-0.3, -0.25) is 28.8 Å². The SMILES string of the molecule is CCCCCCCN(C)C(=O)CN(C)C(=O)CN(C)C(=O)CCCCCCC(=O)N(C)CC(=O)N(C)CC(=O)N(C)CCCCCCC. The Hall–Kier alpha value is -3.18. The van der Waals surface area contributed by atoms with Gasteiger partial charge in [0.15, 0.2) is 0 Å². The molecule has 0 aromatic carbocycles. The van der Waals surface area contributed by atoms with Crippen molar-refractivity contribution < 1.29 is 28.8 Å². The van der Waals surface area contributed by atoms with E-state index in [2.05, 4.69) is 13.8 Å². The van der Waals surface area contributed by atoms with Crippen molar-refractivity contribution in [3.05, 3.63) is 0 Å². The van der Waals surface area contributed by atoms with Crippen LogP contribution in [-0.4, -0.2) is 146 Å². The average molecular weight is 681 g/mol. The van der Waals surface area contributed by atoms with Gasteiger partial charge in [-0.05, 0) is 25.7 Å². The Bertz CT molecular complexity index is 901. The van der Waals surface area contributed by atoms with Crippen LogP contribution in [0.25, 0.3) is 0 Å². The summed E-state index contributed by atoms with van der Waals surface area (Å²) in [7, 11) is 9.86. The Morgan fingerprint density at radius 2 is 0.562 bits per heavy atom. The molecule has 0 unspecified atom stereocenters. The quantitative estimate of drug-likeness (QED) is 0.121. The van der Waals surface area contributed by atoms with E-state index in [-0.39, 0.29) is 61.6 Å². The first-order valence-corrected chi connectivity index (χ1v) is 18.2. The van der Waals surface area contributed by atoms with Crippen LogP contribution in [0, 0.1) is 0 Å². The van der Waals surface area contributed by atoms with Crippen molar-refractivity contribution in [2.45, 2.75) is 117 Å². The molecule has 0 bridgehead atoms. The Kier molecular flexibility index (Phi) is 25.0. The fourth-order valence-corrected chi connectivity index (χ4v) is 5.09.